The van der Waals surface area contributed by atoms with E-state index in [0.717, 1.165) is 0 Å². The minimum Gasteiger partial charge on any atom is -0.474 e. The van der Waals surface area contributed by atoms with Crippen LogP contribution in [0.15, 0.2) is 18.2 Å². The number of halogens is 2. The molecule has 1 unspecified atom stereocenters. The highest BCUT2D eigenvalue weighted by Gasteiger charge is 2.24. The fraction of sp³-hybridized carbons (Fsp3) is 0.400. The zero-order chi connectivity index (χ0) is 18.5. The largest absolute Gasteiger partial charge is 0.474 e. The molecule has 1 rings (SSSR count). The van der Waals surface area contributed by atoms with E-state index in [-0.39, 0.29) is 16.6 Å². The van der Waals surface area contributed by atoms with Gasteiger partial charge in [-0.1, -0.05) is 35.3 Å². The molecule has 0 aliphatic carbocycles. The van der Waals surface area contributed by atoms with E-state index >= 15 is 0 Å². The highest BCUT2D eigenvalue weighted by molar-refractivity contribution is 6.42. The summed E-state index contributed by atoms with van der Waals surface area (Å²) in [5.41, 5.74) is -0.327. The third-order valence-corrected chi connectivity index (χ3v) is 3.54. The van der Waals surface area contributed by atoms with E-state index in [1.807, 2.05) is 0 Å². The lowest BCUT2D eigenvalue weighted by Gasteiger charge is -2.23. The standard InChI is InChI=1S/C15H18Cl2N2O5/c1-15(2,3)24-14(23)18-7-10(19-12(20)13(21)22)8-5-4-6-9(16)11(8)17/h4-6,10H,7H2,1-3H3,(H,18,23)(H,19,20)(H,21,22). The maximum atomic E-state index is 11.7. The molecule has 0 saturated heterocycles. The molecule has 0 aliphatic heterocycles. The molecule has 7 nitrogen and oxygen atoms in total. The summed E-state index contributed by atoms with van der Waals surface area (Å²) in [7, 11) is 0. The van der Waals surface area contributed by atoms with Crippen LogP contribution in [0, 0.1) is 0 Å². The molecule has 1 aromatic rings. The van der Waals surface area contributed by atoms with E-state index in [1.165, 1.54) is 0 Å². The van der Waals surface area contributed by atoms with Crippen LogP contribution >= 0.6 is 23.2 Å². The summed E-state index contributed by atoms with van der Waals surface area (Å²) in [5.74, 6) is -2.89. The second-order valence-corrected chi connectivity index (χ2v) is 6.64. The number of carboxylic acids is 1. The van der Waals surface area contributed by atoms with Crippen molar-refractivity contribution in [3.05, 3.63) is 33.8 Å². The van der Waals surface area contributed by atoms with Gasteiger partial charge < -0.3 is 20.5 Å². The number of alkyl carbamates (subject to hydrolysis) is 1. The van der Waals surface area contributed by atoms with E-state index in [0.29, 0.717) is 5.56 Å². The van der Waals surface area contributed by atoms with Crippen molar-refractivity contribution in [2.24, 2.45) is 0 Å². The minimum absolute atomic E-state index is 0.131. The average molecular weight is 377 g/mol. The molecule has 0 bridgehead atoms. The zero-order valence-corrected chi connectivity index (χ0v) is 14.9. The topological polar surface area (TPSA) is 105 Å². The lowest BCUT2D eigenvalue weighted by molar-refractivity contribution is -0.150. The van der Waals surface area contributed by atoms with Crippen LogP contribution in [-0.2, 0) is 14.3 Å². The maximum absolute atomic E-state index is 11.7. The number of hydrogen-bond donors (Lipinski definition) is 3. The van der Waals surface area contributed by atoms with Gasteiger partial charge >= 0.3 is 18.0 Å². The lowest BCUT2D eigenvalue weighted by atomic mass is 10.1. The number of carbonyl (C=O) groups excluding carboxylic acids is 2. The quantitative estimate of drug-likeness (QED) is 0.700. The van der Waals surface area contributed by atoms with Gasteiger partial charge in [-0.25, -0.2) is 9.59 Å². The van der Waals surface area contributed by atoms with Crippen molar-refractivity contribution in [1.29, 1.82) is 0 Å². The number of benzene rings is 1. The molecule has 0 saturated carbocycles. The molecule has 0 aliphatic rings. The van der Waals surface area contributed by atoms with E-state index in [1.54, 1.807) is 39.0 Å². The Labute approximate surface area is 149 Å². The number of hydrogen-bond acceptors (Lipinski definition) is 4. The first-order valence-electron chi connectivity index (χ1n) is 6.96. The number of carboxylic acid groups (broad SMARTS) is 1. The van der Waals surface area contributed by atoms with E-state index in [4.69, 9.17) is 33.0 Å². The number of amides is 2. The molecule has 0 radical (unpaired) electrons. The Morgan fingerprint density at radius 2 is 1.88 bits per heavy atom. The van der Waals surface area contributed by atoms with E-state index < -0.39 is 29.6 Å². The third-order valence-electron chi connectivity index (χ3n) is 2.71. The van der Waals surface area contributed by atoms with Crippen LogP contribution in [0.3, 0.4) is 0 Å². The number of carbonyl (C=O) groups is 3. The van der Waals surface area contributed by atoms with Gasteiger partial charge in [-0.15, -0.1) is 0 Å². The predicted molar refractivity (Wildman–Crippen MR) is 89.2 cm³/mol. The van der Waals surface area contributed by atoms with Crippen LogP contribution in [0.5, 0.6) is 0 Å². The van der Waals surface area contributed by atoms with Crippen molar-refractivity contribution in [1.82, 2.24) is 10.6 Å². The molecule has 9 heteroatoms. The fourth-order valence-corrected chi connectivity index (χ4v) is 2.19. The number of rotatable bonds is 4. The Balaban J connectivity index is 2.94. The molecule has 0 spiro atoms. The molecule has 3 N–H and O–H groups in total. The smallest absolute Gasteiger partial charge is 0.407 e. The number of aliphatic carboxylic acids is 1. The van der Waals surface area contributed by atoms with Crippen LogP contribution in [0.2, 0.25) is 10.0 Å². The SMILES string of the molecule is CC(C)(C)OC(=O)NCC(NC(=O)C(=O)O)c1cccc(Cl)c1Cl. The van der Waals surface area contributed by atoms with Crippen molar-refractivity contribution < 1.29 is 24.2 Å². The molecule has 0 aromatic heterocycles. The molecule has 1 aromatic carbocycles. The number of nitrogens with one attached hydrogen (secondary N) is 2. The van der Waals surface area contributed by atoms with Gasteiger partial charge in [0.05, 0.1) is 16.1 Å². The first kappa shape index (κ1) is 20.1. The Kier molecular flexibility index (Phi) is 6.86. The lowest BCUT2D eigenvalue weighted by Crippen LogP contribution is -2.42. The number of ether oxygens (including phenoxy) is 1. The second kappa shape index (κ2) is 8.21. The van der Waals surface area contributed by atoms with Gasteiger partial charge in [0.25, 0.3) is 0 Å². The van der Waals surface area contributed by atoms with Crippen molar-refractivity contribution in [3.63, 3.8) is 0 Å². The van der Waals surface area contributed by atoms with Crippen LogP contribution in [-0.4, -0.2) is 35.2 Å². The summed E-state index contributed by atoms with van der Waals surface area (Å²) in [5, 5.41) is 13.9. The van der Waals surface area contributed by atoms with Crippen LogP contribution in [0.1, 0.15) is 32.4 Å². The molecule has 0 fully saturated rings. The molecular weight excluding hydrogens is 359 g/mol. The van der Waals surface area contributed by atoms with Crippen LogP contribution < -0.4 is 10.6 Å². The molecule has 0 heterocycles. The van der Waals surface area contributed by atoms with Gasteiger partial charge in [0.1, 0.15) is 5.60 Å². The van der Waals surface area contributed by atoms with Crippen LogP contribution in [0.25, 0.3) is 0 Å². The van der Waals surface area contributed by atoms with Gasteiger partial charge in [-0.3, -0.25) is 4.79 Å². The van der Waals surface area contributed by atoms with Gasteiger partial charge in [0.15, 0.2) is 0 Å². The Morgan fingerprint density at radius 1 is 1.25 bits per heavy atom. The molecule has 1 atom stereocenters. The molecule has 24 heavy (non-hydrogen) atoms. The first-order chi connectivity index (χ1) is 11.0. The highest BCUT2D eigenvalue weighted by atomic mass is 35.5. The van der Waals surface area contributed by atoms with E-state index in [9.17, 15) is 14.4 Å². The molecular formula is C15H18Cl2N2O5. The van der Waals surface area contributed by atoms with Gasteiger partial charge in [0.2, 0.25) is 0 Å². The fourth-order valence-electron chi connectivity index (χ4n) is 1.75. The van der Waals surface area contributed by atoms with Crippen molar-refractivity contribution in [3.8, 4) is 0 Å². The minimum atomic E-state index is -1.66. The monoisotopic (exact) mass is 376 g/mol. The summed E-state index contributed by atoms with van der Waals surface area (Å²) >= 11 is 12.0. The first-order valence-corrected chi connectivity index (χ1v) is 7.71. The third kappa shape index (κ3) is 6.25. The summed E-state index contributed by atoms with van der Waals surface area (Å²) in [4.78, 5) is 34.0. The summed E-state index contributed by atoms with van der Waals surface area (Å²) in [6.07, 6.45) is -0.713. The van der Waals surface area contributed by atoms with Crippen molar-refractivity contribution in [2.45, 2.75) is 32.4 Å². The zero-order valence-electron chi connectivity index (χ0n) is 13.4. The van der Waals surface area contributed by atoms with Crippen molar-refractivity contribution in [2.75, 3.05) is 6.54 Å². The van der Waals surface area contributed by atoms with Crippen LogP contribution in [0.4, 0.5) is 4.79 Å². The highest BCUT2D eigenvalue weighted by Crippen LogP contribution is 2.29. The summed E-state index contributed by atoms with van der Waals surface area (Å²) in [6, 6.07) is 3.81. The van der Waals surface area contributed by atoms with Gasteiger partial charge in [-0.2, -0.15) is 0 Å². The normalized spacial score (nSPS) is 12.2. The molecule has 2 amide bonds. The Bertz CT molecular complexity index is 643. The summed E-state index contributed by atoms with van der Waals surface area (Å²) < 4.78 is 5.09. The Morgan fingerprint density at radius 3 is 2.42 bits per heavy atom. The van der Waals surface area contributed by atoms with Gasteiger partial charge in [-0.05, 0) is 32.4 Å². The van der Waals surface area contributed by atoms with Crippen molar-refractivity contribution >= 4 is 41.2 Å². The van der Waals surface area contributed by atoms with E-state index in [2.05, 4.69) is 10.6 Å². The summed E-state index contributed by atoms with van der Waals surface area (Å²) in [6.45, 7) is 4.96. The predicted octanol–water partition coefficient (Wildman–Crippen LogP) is 2.76. The Hall–Kier alpha value is -1.99. The average Bonchev–Trinajstić information content (AvgIpc) is 2.44. The maximum Gasteiger partial charge on any atom is 0.407 e. The second-order valence-electron chi connectivity index (χ2n) is 5.86. The molecule has 132 valence electrons. The van der Waals surface area contributed by atoms with Gasteiger partial charge in [0, 0.05) is 6.54 Å².